The molecule has 0 spiro atoms. The van der Waals surface area contributed by atoms with Crippen LogP contribution in [0.25, 0.3) is 0 Å². The standard InChI is InChI=1S/C24H28N2O2/c1-16-8-3-4-9-17(16)22-19-11-5-10-18(19)20-12-6-13-21(23(20)26-22)24(27)25-14-7-15-28-2/h3-6,8-10,12-13,18-19,22,26H,7,11,14-15H2,1-2H3,(H,25,27). The number of hydrogen-bond donors (Lipinski definition) is 2. The number of anilines is 1. The minimum atomic E-state index is -0.0237. The molecule has 2 aromatic carbocycles. The number of methoxy groups -OCH3 is 1. The van der Waals surface area contributed by atoms with Crippen molar-refractivity contribution >= 4 is 11.6 Å². The van der Waals surface area contributed by atoms with Crippen LogP contribution in [0.4, 0.5) is 5.69 Å². The van der Waals surface area contributed by atoms with Crippen molar-refractivity contribution in [1.82, 2.24) is 5.32 Å². The van der Waals surface area contributed by atoms with Gasteiger partial charge in [-0.05, 0) is 48.4 Å². The molecule has 4 heteroatoms. The number of fused-ring (bicyclic) bond motifs is 3. The van der Waals surface area contributed by atoms with Crippen LogP contribution in [-0.2, 0) is 4.74 Å². The van der Waals surface area contributed by atoms with Gasteiger partial charge in [0.15, 0.2) is 0 Å². The van der Waals surface area contributed by atoms with Crippen LogP contribution in [-0.4, -0.2) is 26.2 Å². The summed E-state index contributed by atoms with van der Waals surface area (Å²) in [6.07, 6.45) is 6.47. The first-order valence-electron chi connectivity index (χ1n) is 10.1. The number of rotatable bonds is 6. The van der Waals surface area contributed by atoms with E-state index in [-0.39, 0.29) is 11.9 Å². The lowest BCUT2D eigenvalue weighted by atomic mass is 9.75. The maximum absolute atomic E-state index is 12.9. The quantitative estimate of drug-likeness (QED) is 0.573. The second kappa shape index (κ2) is 8.19. The summed E-state index contributed by atoms with van der Waals surface area (Å²) in [5.74, 6) is 0.806. The van der Waals surface area contributed by atoms with E-state index in [0.29, 0.717) is 25.0 Å². The topological polar surface area (TPSA) is 50.4 Å². The summed E-state index contributed by atoms with van der Waals surface area (Å²) in [6.45, 7) is 3.43. The Labute approximate surface area is 167 Å². The van der Waals surface area contributed by atoms with Crippen LogP contribution in [0.3, 0.4) is 0 Å². The van der Waals surface area contributed by atoms with Gasteiger partial charge in [0.05, 0.1) is 17.3 Å². The number of hydrogen-bond acceptors (Lipinski definition) is 3. The van der Waals surface area contributed by atoms with E-state index < -0.39 is 0 Å². The lowest BCUT2D eigenvalue weighted by molar-refractivity contribution is 0.0949. The Bertz CT molecular complexity index is 890. The number of amides is 1. The van der Waals surface area contributed by atoms with Crippen LogP contribution >= 0.6 is 0 Å². The summed E-state index contributed by atoms with van der Waals surface area (Å²) >= 11 is 0. The molecular weight excluding hydrogens is 348 g/mol. The molecule has 1 heterocycles. The zero-order valence-electron chi connectivity index (χ0n) is 16.6. The predicted octanol–water partition coefficient (Wildman–Crippen LogP) is 4.59. The molecule has 146 valence electrons. The highest BCUT2D eigenvalue weighted by Crippen LogP contribution is 2.51. The van der Waals surface area contributed by atoms with E-state index in [9.17, 15) is 4.79 Å². The SMILES string of the molecule is COCCCNC(=O)c1cccc2c1NC(c1ccccc1C)C1CC=CC21. The van der Waals surface area contributed by atoms with Crippen LogP contribution in [0.15, 0.2) is 54.6 Å². The minimum absolute atomic E-state index is 0.0237. The van der Waals surface area contributed by atoms with E-state index in [0.717, 1.165) is 24.1 Å². The van der Waals surface area contributed by atoms with Gasteiger partial charge in [-0.2, -0.15) is 0 Å². The lowest BCUT2D eigenvalue weighted by Gasteiger charge is -2.39. The monoisotopic (exact) mass is 376 g/mol. The molecule has 4 nitrogen and oxygen atoms in total. The van der Waals surface area contributed by atoms with Crippen molar-refractivity contribution < 1.29 is 9.53 Å². The van der Waals surface area contributed by atoms with Crippen molar-refractivity contribution in [2.24, 2.45) is 5.92 Å². The Morgan fingerprint density at radius 2 is 2.00 bits per heavy atom. The van der Waals surface area contributed by atoms with Gasteiger partial charge in [-0.25, -0.2) is 0 Å². The number of allylic oxidation sites excluding steroid dienone is 2. The van der Waals surface area contributed by atoms with Crippen molar-refractivity contribution in [3.8, 4) is 0 Å². The van der Waals surface area contributed by atoms with Gasteiger partial charge in [-0.3, -0.25) is 4.79 Å². The van der Waals surface area contributed by atoms with Gasteiger partial charge < -0.3 is 15.4 Å². The molecular formula is C24H28N2O2. The fourth-order valence-corrected chi connectivity index (χ4v) is 4.57. The molecule has 3 atom stereocenters. The van der Waals surface area contributed by atoms with Crippen molar-refractivity contribution in [3.63, 3.8) is 0 Å². The van der Waals surface area contributed by atoms with E-state index in [1.165, 1.54) is 16.7 Å². The molecule has 28 heavy (non-hydrogen) atoms. The second-order valence-corrected chi connectivity index (χ2v) is 7.70. The molecule has 0 aromatic heterocycles. The molecule has 3 unspecified atom stereocenters. The summed E-state index contributed by atoms with van der Waals surface area (Å²) in [5.41, 5.74) is 5.55. The smallest absolute Gasteiger partial charge is 0.253 e. The Kier molecular flexibility index (Phi) is 5.49. The number of benzene rings is 2. The second-order valence-electron chi connectivity index (χ2n) is 7.70. The maximum atomic E-state index is 12.9. The molecule has 0 saturated carbocycles. The number of carbonyl (C=O) groups excluding carboxylic acids is 1. The van der Waals surface area contributed by atoms with Gasteiger partial charge >= 0.3 is 0 Å². The zero-order valence-corrected chi connectivity index (χ0v) is 16.6. The summed E-state index contributed by atoms with van der Waals surface area (Å²) in [4.78, 5) is 12.9. The van der Waals surface area contributed by atoms with Gasteiger partial charge in [0.25, 0.3) is 5.91 Å². The summed E-state index contributed by atoms with van der Waals surface area (Å²) in [5, 5.41) is 6.78. The van der Waals surface area contributed by atoms with Crippen molar-refractivity contribution in [3.05, 3.63) is 76.9 Å². The van der Waals surface area contributed by atoms with Gasteiger partial charge in [0, 0.05) is 26.2 Å². The average molecular weight is 377 g/mol. The van der Waals surface area contributed by atoms with Crippen LogP contribution in [0.1, 0.15) is 51.8 Å². The molecule has 1 aliphatic heterocycles. The van der Waals surface area contributed by atoms with Gasteiger partial charge in [0.1, 0.15) is 0 Å². The van der Waals surface area contributed by atoms with Crippen molar-refractivity contribution in [1.29, 1.82) is 0 Å². The molecule has 0 radical (unpaired) electrons. The van der Waals surface area contributed by atoms with Crippen LogP contribution in [0.2, 0.25) is 0 Å². The molecule has 2 N–H and O–H groups in total. The first-order chi connectivity index (χ1) is 13.7. The third-order valence-electron chi connectivity index (χ3n) is 5.98. The fourth-order valence-electron chi connectivity index (χ4n) is 4.57. The minimum Gasteiger partial charge on any atom is -0.385 e. The average Bonchev–Trinajstić information content (AvgIpc) is 3.21. The highest BCUT2D eigenvalue weighted by atomic mass is 16.5. The van der Waals surface area contributed by atoms with E-state index in [2.05, 4.69) is 60.0 Å². The van der Waals surface area contributed by atoms with E-state index in [1.54, 1.807) is 7.11 Å². The molecule has 2 aliphatic rings. The van der Waals surface area contributed by atoms with Crippen molar-refractivity contribution in [2.45, 2.75) is 31.7 Å². The molecule has 0 saturated heterocycles. The van der Waals surface area contributed by atoms with Crippen LogP contribution < -0.4 is 10.6 Å². The van der Waals surface area contributed by atoms with E-state index in [1.807, 2.05) is 12.1 Å². The summed E-state index contributed by atoms with van der Waals surface area (Å²) in [6, 6.07) is 14.8. The van der Waals surface area contributed by atoms with Gasteiger partial charge in [-0.15, -0.1) is 0 Å². The number of carbonyl (C=O) groups is 1. The number of para-hydroxylation sites is 1. The largest absolute Gasteiger partial charge is 0.385 e. The molecule has 0 bridgehead atoms. The normalized spacial score (nSPS) is 22.3. The predicted molar refractivity (Wildman–Crippen MR) is 113 cm³/mol. The molecule has 0 fully saturated rings. The van der Waals surface area contributed by atoms with E-state index >= 15 is 0 Å². The third-order valence-corrected chi connectivity index (χ3v) is 5.98. The Morgan fingerprint density at radius 3 is 2.82 bits per heavy atom. The van der Waals surface area contributed by atoms with E-state index in [4.69, 9.17) is 4.74 Å². The highest BCUT2D eigenvalue weighted by molar-refractivity contribution is 6.00. The number of aryl methyl sites for hydroxylation is 1. The maximum Gasteiger partial charge on any atom is 0.253 e. The lowest BCUT2D eigenvalue weighted by Crippen LogP contribution is -2.32. The molecule has 1 amide bonds. The fraction of sp³-hybridized carbons (Fsp3) is 0.375. The number of ether oxygens (including phenoxy) is 1. The highest BCUT2D eigenvalue weighted by Gasteiger charge is 2.39. The zero-order chi connectivity index (χ0) is 19.5. The Hall–Kier alpha value is -2.59. The van der Waals surface area contributed by atoms with Crippen molar-refractivity contribution in [2.75, 3.05) is 25.6 Å². The first-order valence-corrected chi connectivity index (χ1v) is 10.1. The summed E-state index contributed by atoms with van der Waals surface area (Å²) < 4.78 is 5.07. The van der Waals surface area contributed by atoms with Crippen LogP contribution in [0.5, 0.6) is 0 Å². The Morgan fingerprint density at radius 1 is 1.18 bits per heavy atom. The van der Waals surface area contributed by atoms with Gasteiger partial charge in [0.2, 0.25) is 0 Å². The Balaban J connectivity index is 1.67. The third kappa shape index (κ3) is 3.45. The molecule has 2 aromatic rings. The van der Waals surface area contributed by atoms with Gasteiger partial charge in [-0.1, -0.05) is 48.6 Å². The first kappa shape index (κ1) is 18.8. The molecule has 4 rings (SSSR count). The summed E-state index contributed by atoms with van der Waals surface area (Å²) in [7, 11) is 1.68. The van der Waals surface area contributed by atoms with Crippen LogP contribution in [0, 0.1) is 12.8 Å². The number of nitrogens with one attached hydrogen (secondary N) is 2. The molecule has 1 aliphatic carbocycles.